The molecular formula is C13H17ClO3. The summed E-state index contributed by atoms with van der Waals surface area (Å²) >= 11 is 6.00. The minimum atomic E-state index is -0.863. The van der Waals surface area contributed by atoms with Gasteiger partial charge in [0, 0.05) is 18.2 Å². The second-order valence-corrected chi connectivity index (χ2v) is 4.22. The van der Waals surface area contributed by atoms with Crippen LogP contribution >= 0.6 is 11.6 Å². The molecule has 0 amide bonds. The molecule has 1 rings (SSSR count). The molecule has 0 radical (unpaired) electrons. The molecule has 1 unspecified atom stereocenters. The standard InChI is InChI=1S/C13H17ClO3/c1-2-8-17-9-7-11(13(15)16)10-5-3-4-6-12(10)14/h3-6,11H,2,7-9H2,1H3,(H,15,16). The molecule has 4 heteroatoms. The first-order valence-corrected chi connectivity index (χ1v) is 6.09. The zero-order chi connectivity index (χ0) is 12.7. The summed E-state index contributed by atoms with van der Waals surface area (Å²) in [5.41, 5.74) is 0.654. The number of halogens is 1. The van der Waals surface area contributed by atoms with Crippen molar-refractivity contribution in [3.63, 3.8) is 0 Å². The van der Waals surface area contributed by atoms with Crippen molar-refractivity contribution in [2.24, 2.45) is 0 Å². The van der Waals surface area contributed by atoms with Crippen LogP contribution in [-0.2, 0) is 9.53 Å². The number of carboxylic acids is 1. The van der Waals surface area contributed by atoms with Crippen molar-refractivity contribution < 1.29 is 14.6 Å². The molecule has 94 valence electrons. The molecule has 3 nitrogen and oxygen atoms in total. The molecule has 0 aliphatic rings. The van der Waals surface area contributed by atoms with Crippen molar-refractivity contribution in [3.8, 4) is 0 Å². The lowest BCUT2D eigenvalue weighted by atomic mass is 9.96. The fourth-order valence-corrected chi connectivity index (χ4v) is 1.88. The summed E-state index contributed by atoms with van der Waals surface area (Å²) in [5.74, 6) is -1.46. The smallest absolute Gasteiger partial charge is 0.311 e. The normalized spacial score (nSPS) is 12.4. The molecular weight excluding hydrogens is 240 g/mol. The molecule has 1 atom stereocenters. The first-order chi connectivity index (χ1) is 8.16. The van der Waals surface area contributed by atoms with E-state index in [2.05, 4.69) is 0 Å². The predicted octanol–water partition coefficient (Wildman–Crippen LogP) is 3.32. The second kappa shape index (κ2) is 7.30. The maximum atomic E-state index is 11.2. The van der Waals surface area contributed by atoms with Gasteiger partial charge in [0.1, 0.15) is 0 Å². The van der Waals surface area contributed by atoms with Crippen molar-refractivity contribution >= 4 is 17.6 Å². The van der Waals surface area contributed by atoms with E-state index in [1.54, 1.807) is 24.3 Å². The minimum absolute atomic E-state index is 0.441. The molecule has 0 aliphatic carbocycles. The Balaban J connectivity index is 2.66. The van der Waals surface area contributed by atoms with Gasteiger partial charge in [-0.1, -0.05) is 36.7 Å². The van der Waals surface area contributed by atoms with Crippen LogP contribution in [0.1, 0.15) is 31.2 Å². The molecule has 0 spiro atoms. The quantitative estimate of drug-likeness (QED) is 0.761. The largest absolute Gasteiger partial charge is 0.481 e. The van der Waals surface area contributed by atoms with Crippen LogP contribution in [0.25, 0.3) is 0 Å². The first kappa shape index (κ1) is 14.0. The monoisotopic (exact) mass is 256 g/mol. The summed E-state index contributed by atoms with van der Waals surface area (Å²) in [7, 11) is 0. The van der Waals surface area contributed by atoms with Crippen LogP contribution in [0.2, 0.25) is 5.02 Å². The average molecular weight is 257 g/mol. The number of ether oxygens (including phenoxy) is 1. The van der Waals surface area contributed by atoms with Crippen molar-refractivity contribution in [1.29, 1.82) is 0 Å². The molecule has 0 saturated heterocycles. The maximum absolute atomic E-state index is 11.2. The zero-order valence-electron chi connectivity index (χ0n) is 9.86. The van der Waals surface area contributed by atoms with Gasteiger partial charge in [-0.25, -0.2) is 0 Å². The Morgan fingerprint density at radius 2 is 2.12 bits per heavy atom. The summed E-state index contributed by atoms with van der Waals surface area (Å²) in [6.07, 6.45) is 1.38. The highest BCUT2D eigenvalue weighted by atomic mass is 35.5. The summed E-state index contributed by atoms with van der Waals surface area (Å²) in [6, 6.07) is 7.04. The molecule has 0 bridgehead atoms. The van der Waals surface area contributed by atoms with Gasteiger partial charge >= 0.3 is 5.97 Å². The van der Waals surface area contributed by atoms with E-state index in [0.29, 0.717) is 30.2 Å². The molecule has 0 aromatic heterocycles. The highest BCUT2D eigenvalue weighted by Gasteiger charge is 2.21. The molecule has 0 aliphatic heterocycles. The van der Waals surface area contributed by atoms with Gasteiger partial charge in [-0.2, -0.15) is 0 Å². The molecule has 0 fully saturated rings. The van der Waals surface area contributed by atoms with Crippen molar-refractivity contribution in [2.45, 2.75) is 25.7 Å². The SMILES string of the molecule is CCCOCCC(C(=O)O)c1ccccc1Cl. The Kier molecular flexibility index (Phi) is 6.01. The topological polar surface area (TPSA) is 46.5 Å². The van der Waals surface area contributed by atoms with Gasteiger partial charge in [0.2, 0.25) is 0 Å². The van der Waals surface area contributed by atoms with Gasteiger partial charge < -0.3 is 9.84 Å². The van der Waals surface area contributed by atoms with Crippen LogP contribution in [-0.4, -0.2) is 24.3 Å². The number of hydrogen-bond acceptors (Lipinski definition) is 2. The van der Waals surface area contributed by atoms with E-state index in [9.17, 15) is 9.90 Å². The molecule has 1 N–H and O–H groups in total. The number of benzene rings is 1. The lowest BCUT2D eigenvalue weighted by molar-refractivity contribution is -0.139. The van der Waals surface area contributed by atoms with Crippen LogP contribution in [0.15, 0.2) is 24.3 Å². The summed E-state index contributed by atoms with van der Waals surface area (Å²) in [5, 5.41) is 9.69. The van der Waals surface area contributed by atoms with Crippen molar-refractivity contribution in [2.75, 3.05) is 13.2 Å². The fourth-order valence-electron chi connectivity index (χ4n) is 1.62. The van der Waals surface area contributed by atoms with Crippen molar-refractivity contribution in [1.82, 2.24) is 0 Å². The van der Waals surface area contributed by atoms with E-state index in [1.165, 1.54) is 0 Å². The van der Waals surface area contributed by atoms with Gasteiger partial charge in [0.25, 0.3) is 0 Å². The van der Waals surface area contributed by atoms with Crippen LogP contribution < -0.4 is 0 Å². The van der Waals surface area contributed by atoms with E-state index in [-0.39, 0.29) is 0 Å². The average Bonchev–Trinajstić information content (AvgIpc) is 2.30. The zero-order valence-corrected chi connectivity index (χ0v) is 10.6. The van der Waals surface area contributed by atoms with Gasteiger partial charge in [-0.3, -0.25) is 4.79 Å². The molecule has 0 saturated carbocycles. The summed E-state index contributed by atoms with van der Waals surface area (Å²) < 4.78 is 5.32. The fraction of sp³-hybridized carbons (Fsp3) is 0.462. The van der Waals surface area contributed by atoms with Crippen LogP contribution in [0.5, 0.6) is 0 Å². The molecule has 0 heterocycles. The highest BCUT2D eigenvalue weighted by molar-refractivity contribution is 6.31. The van der Waals surface area contributed by atoms with Crippen LogP contribution in [0.4, 0.5) is 0 Å². The number of carbonyl (C=O) groups is 1. The predicted molar refractivity (Wildman–Crippen MR) is 67.6 cm³/mol. The van der Waals surface area contributed by atoms with Gasteiger partial charge in [0.05, 0.1) is 5.92 Å². The third-order valence-electron chi connectivity index (χ3n) is 2.48. The Labute approximate surface area is 106 Å². The summed E-state index contributed by atoms with van der Waals surface area (Å²) in [6.45, 7) is 3.12. The van der Waals surface area contributed by atoms with Crippen molar-refractivity contribution in [3.05, 3.63) is 34.9 Å². The molecule has 1 aromatic carbocycles. The van der Waals surface area contributed by atoms with E-state index in [1.807, 2.05) is 6.92 Å². The third kappa shape index (κ3) is 4.36. The summed E-state index contributed by atoms with van der Waals surface area (Å²) in [4.78, 5) is 11.2. The third-order valence-corrected chi connectivity index (χ3v) is 2.82. The molecule has 1 aromatic rings. The van der Waals surface area contributed by atoms with Gasteiger partial charge in [-0.15, -0.1) is 0 Å². The van der Waals surface area contributed by atoms with E-state index < -0.39 is 11.9 Å². The van der Waals surface area contributed by atoms with Crippen LogP contribution in [0, 0.1) is 0 Å². The second-order valence-electron chi connectivity index (χ2n) is 3.81. The lowest BCUT2D eigenvalue weighted by Crippen LogP contribution is -2.14. The minimum Gasteiger partial charge on any atom is -0.481 e. The van der Waals surface area contributed by atoms with Gasteiger partial charge in [-0.05, 0) is 24.5 Å². The number of rotatable bonds is 7. The number of aliphatic carboxylic acids is 1. The molecule has 17 heavy (non-hydrogen) atoms. The first-order valence-electron chi connectivity index (χ1n) is 5.71. The maximum Gasteiger partial charge on any atom is 0.311 e. The lowest BCUT2D eigenvalue weighted by Gasteiger charge is -2.14. The highest BCUT2D eigenvalue weighted by Crippen LogP contribution is 2.27. The van der Waals surface area contributed by atoms with Crippen LogP contribution in [0.3, 0.4) is 0 Å². The van der Waals surface area contributed by atoms with E-state index in [0.717, 1.165) is 6.42 Å². The number of hydrogen-bond donors (Lipinski definition) is 1. The Bertz CT molecular complexity index is 365. The Morgan fingerprint density at radius 3 is 2.71 bits per heavy atom. The van der Waals surface area contributed by atoms with E-state index >= 15 is 0 Å². The Morgan fingerprint density at radius 1 is 1.41 bits per heavy atom. The van der Waals surface area contributed by atoms with Gasteiger partial charge in [0.15, 0.2) is 0 Å². The number of carboxylic acid groups (broad SMARTS) is 1. The Hall–Kier alpha value is -1.06. The van der Waals surface area contributed by atoms with E-state index in [4.69, 9.17) is 16.3 Å².